The molecule has 6 nitrogen and oxygen atoms in total. The van der Waals surface area contributed by atoms with E-state index in [-0.39, 0.29) is 5.91 Å². The second-order valence-electron chi connectivity index (χ2n) is 8.83. The van der Waals surface area contributed by atoms with Crippen molar-refractivity contribution in [2.45, 2.75) is 38.1 Å². The van der Waals surface area contributed by atoms with E-state index >= 15 is 0 Å². The zero-order chi connectivity index (χ0) is 21.5. The summed E-state index contributed by atoms with van der Waals surface area (Å²) in [5.74, 6) is 0.800. The van der Waals surface area contributed by atoms with Crippen LogP contribution < -0.4 is 0 Å². The van der Waals surface area contributed by atoms with E-state index in [1.807, 2.05) is 54.7 Å². The van der Waals surface area contributed by atoms with Gasteiger partial charge in [0.05, 0.1) is 23.1 Å². The summed E-state index contributed by atoms with van der Waals surface area (Å²) in [4.78, 5) is 25.0. The molecular formula is C26H25N5O. The number of likely N-dealkylation sites (tertiary alicyclic amines) is 1. The van der Waals surface area contributed by atoms with E-state index in [1.165, 1.54) is 19.3 Å². The van der Waals surface area contributed by atoms with Gasteiger partial charge in [-0.3, -0.25) is 9.78 Å². The van der Waals surface area contributed by atoms with Gasteiger partial charge in [-0.2, -0.15) is 5.10 Å². The molecule has 6 rings (SSSR count). The lowest BCUT2D eigenvalue weighted by atomic mass is 9.91. The van der Waals surface area contributed by atoms with Crippen molar-refractivity contribution in [3.8, 4) is 22.5 Å². The molecule has 160 valence electrons. The molecule has 1 amide bonds. The number of carbonyl (C=O) groups excluding carboxylic acids is 1. The van der Waals surface area contributed by atoms with Crippen molar-refractivity contribution >= 4 is 11.6 Å². The number of pyridine rings is 1. The fourth-order valence-corrected chi connectivity index (χ4v) is 5.40. The molecule has 3 aromatic heterocycles. The molecule has 0 spiro atoms. The van der Waals surface area contributed by atoms with Gasteiger partial charge in [-0.1, -0.05) is 36.8 Å². The van der Waals surface area contributed by atoms with Crippen molar-refractivity contribution in [1.82, 2.24) is 24.5 Å². The molecule has 4 heterocycles. The van der Waals surface area contributed by atoms with Crippen molar-refractivity contribution in [2.75, 3.05) is 6.54 Å². The van der Waals surface area contributed by atoms with Crippen LogP contribution in [0.25, 0.3) is 28.2 Å². The maximum absolute atomic E-state index is 13.4. The van der Waals surface area contributed by atoms with Crippen LogP contribution in [0.2, 0.25) is 0 Å². The summed E-state index contributed by atoms with van der Waals surface area (Å²) in [6, 6.07) is 16.2. The summed E-state index contributed by atoms with van der Waals surface area (Å²) in [5, 5.41) is 4.46. The largest absolute Gasteiger partial charge is 0.335 e. The highest BCUT2D eigenvalue weighted by Crippen LogP contribution is 2.37. The molecule has 4 aromatic rings. The van der Waals surface area contributed by atoms with Crippen molar-refractivity contribution in [1.29, 1.82) is 0 Å². The number of piperidine rings is 1. The van der Waals surface area contributed by atoms with Crippen molar-refractivity contribution in [3.63, 3.8) is 0 Å². The van der Waals surface area contributed by atoms with Crippen LogP contribution in [0.15, 0.2) is 67.1 Å². The third-order valence-corrected chi connectivity index (χ3v) is 6.98. The number of amides is 1. The molecule has 2 fully saturated rings. The van der Waals surface area contributed by atoms with Crippen LogP contribution in [0.1, 0.15) is 42.5 Å². The molecule has 2 atom stereocenters. The van der Waals surface area contributed by atoms with Gasteiger partial charge in [0, 0.05) is 36.1 Å². The number of benzene rings is 1. The van der Waals surface area contributed by atoms with Crippen molar-refractivity contribution in [3.05, 3.63) is 72.7 Å². The fraction of sp³-hybridized carbons (Fsp3) is 0.308. The summed E-state index contributed by atoms with van der Waals surface area (Å²) in [6.07, 6.45) is 11.4. The minimum absolute atomic E-state index is 0.125. The summed E-state index contributed by atoms with van der Waals surface area (Å²) in [6.45, 7) is 0.858. The van der Waals surface area contributed by atoms with E-state index in [1.54, 1.807) is 16.9 Å². The minimum Gasteiger partial charge on any atom is -0.335 e. The highest BCUT2D eigenvalue weighted by atomic mass is 16.2. The maximum atomic E-state index is 13.4. The smallest absolute Gasteiger partial charge is 0.254 e. The first-order chi connectivity index (χ1) is 15.8. The number of rotatable bonds is 3. The van der Waals surface area contributed by atoms with E-state index in [9.17, 15) is 4.79 Å². The van der Waals surface area contributed by atoms with E-state index in [0.29, 0.717) is 17.5 Å². The monoisotopic (exact) mass is 423 g/mol. The molecular weight excluding hydrogens is 398 g/mol. The van der Waals surface area contributed by atoms with Crippen molar-refractivity contribution in [2.24, 2.45) is 5.92 Å². The highest BCUT2D eigenvalue weighted by Gasteiger charge is 2.37. The maximum Gasteiger partial charge on any atom is 0.254 e. The minimum atomic E-state index is 0.125. The summed E-state index contributed by atoms with van der Waals surface area (Å²) in [5.41, 5.74) is 4.92. The average Bonchev–Trinajstić information content (AvgIpc) is 3.51. The van der Waals surface area contributed by atoms with Crippen LogP contribution in [-0.4, -0.2) is 43.0 Å². The Hall–Kier alpha value is -3.54. The van der Waals surface area contributed by atoms with Gasteiger partial charge in [0.25, 0.3) is 5.91 Å². The van der Waals surface area contributed by atoms with Crippen LogP contribution >= 0.6 is 0 Å². The molecule has 0 radical (unpaired) electrons. The molecule has 1 aromatic carbocycles. The summed E-state index contributed by atoms with van der Waals surface area (Å²) < 4.78 is 1.76. The van der Waals surface area contributed by atoms with Gasteiger partial charge in [-0.15, -0.1) is 0 Å². The number of aromatic nitrogens is 4. The highest BCUT2D eigenvalue weighted by molar-refractivity contribution is 5.96. The number of fused-ring (bicyclic) bond motifs is 2. The zero-order valence-electron chi connectivity index (χ0n) is 17.9. The lowest BCUT2D eigenvalue weighted by Crippen LogP contribution is -2.46. The SMILES string of the molecule is O=C(c1ccnc(-c2cnn3ccc(-c4ccccc4)nc23)c1)N1CCCC2CCCC21. The first kappa shape index (κ1) is 19.2. The predicted octanol–water partition coefficient (Wildman–Crippen LogP) is 4.86. The lowest BCUT2D eigenvalue weighted by molar-refractivity contribution is 0.0548. The standard InChI is InChI=1S/C26H25N5O/c32-26(30-14-5-9-19-8-4-10-24(19)30)20-11-13-27-23(16-20)21-17-28-31-15-12-22(29-25(21)31)18-6-2-1-3-7-18/h1-3,6-7,11-13,15-17,19,24H,4-5,8-10,14H2. The quantitative estimate of drug-likeness (QED) is 0.472. The molecule has 6 heteroatoms. The van der Waals surface area contributed by atoms with Gasteiger partial charge in [-0.05, 0) is 49.8 Å². The molecule has 32 heavy (non-hydrogen) atoms. The van der Waals surface area contributed by atoms with Gasteiger partial charge in [0.2, 0.25) is 0 Å². The van der Waals surface area contributed by atoms with Crippen LogP contribution in [0.5, 0.6) is 0 Å². The second kappa shape index (κ2) is 7.86. The Morgan fingerprint density at radius 3 is 2.75 bits per heavy atom. The van der Waals surface area contributed by atoms with Gasteiger partial charge in [-0.25, -0.2) is 9.50 Å². The lowest BCUT2D eigenvalue weighted by Gasteiger charge is -2.37. The Labute approximate surface area is 186 Å². The first-order valence-electron chi connectivity index (χ1n) is 11.4. The van der Waals surface area contributed by atoms with Gasteiger partial charge < -0.3 is 4.90 Å². The van der Waals surface area contributed by atoms with Gasteiger partial charge in [0.15, 0.2) is 5.65 Å². The van der Waals surface area contributed by atoms with Crippen molar-refractivity contribution < 1.29 is 4.79 Å². The van der Waals surface area contributed by atoms with E-state index < -0.39 is 0 Å². The predicted molar refractivity (Wildman–Crippen MR) is 123 cm³/mol. The molecule has 0 N–H and O–H groups in total. The third-order valence-electron chi connectivity index (χ3n) is 6.98. The number of hydrogen-bond donors (Lipinski definition) is 0. The second-order valence-corrected chi connectivity index (χ2v) is 8.83. The van der Waals surface area contributed by atoms with Crippen LogP contribution in [0.4, 0.5) is 0 Å². The first-order valence-corrected chi connectivity index (χ1v) is 11.4. The van der Waals surface area contributed by atoms with Gasteiger partial charge in [0.1, 0.15) is 0 Å². The Morgan fingerprint density at radius 1 is 0.969 bits per heavy atom. The summed E-state index contributed by atoms with van der Waals surface area (Å²) in [7, 11) is 0. The Balaban J connectivity index is 1.36. The molecule has 1 aliphatic heterocycles. The molecule has 2 aliphatic rings. The summed E-state index contributed by atoms with van der Waals surface area (Å²) >= 11 is 0. The zero-order valence-corrected chi connectivity index (χ0v) is 17.9. The molecule has 1 saturated carbocycles. The third kappa shape index (κ3) is 3.27. The topological polar surface area (TPSA) is 63.4 Å². The van der Waals surface area contributed by atoms with Crippen LogP contribution in [0.3, 0.4) is 0 Å². The average molecular weight is 424 g/mol. The number of hydrogen-bond acceptors (Lipinski definition) is 4. The van der Waals surface area contributed by atoms with Crippen LogP contribution in [-0.2, 0) is 0 Å². The van der Waals surface area contributed by atoms with E-state index in [0.717, 1.165) is 47.5 Å². The fourth-order valence-electron chi connectivity index (χ4n) is 5.40. The Bertz CT molecular complexity index is 1280. The Morgan fingerprint density at radius 2 is 1.84 bits per heavy atom. The number of nitrogens with zero attached hydrogens (tertiary/aromatic N) is 5. The normalized spacial score (nSPS) is 20.4. The van der Waals surface area contributed by atoms with Crippen LogP contribution in [0, 0.1) is 5.92 Å². The molecule has 0 bridgehead atoms. The Kier molecular flexibility index (Phi) is 4.71. The van der Waals surface area contributed by atoms with Gasteiger partial charge >= 0.3 is 0 Å². The molecule has 1 saturated heterocycles. The van der Waals surface area contributed by atoms with E-state index in [4.69, 9.17) is 4.98 Å². The molecule has 2 unspecified atom stereocenters. The number of carbonyl (C=O) groups is 1. The molecule has 1 aliphatic carbocycles. The van der Waals surface area contributed by atoms with E-state index in [2.05, 4.69) is 15.0 Å².